The summed E-state index contributed by atoms with van der Waals surface area (Å²) in [4.78, 5) is 36.9. The molecule has 2 amide bonds. The topological polar surface area (TPSA) is 109 Å². The molecule has 2 fully saturated rings. The van der Waals surface area contributed by atoms with Gasteiger partial charge in [0.05, 0.1) is 17.7 Å². The molecule has 0 bridgehead atoms. The molecule has 0 aliphatic heterocycles. The molecule has 2 saturated carbocycles. The molecule has 38 heavy (non-hydrogen) atoms. The summed E-state index contributed by atoms with van der Waals surface area (Å²) in [7, 11) is 0. The maximum absolute atomic E-state index is 13.6. The molecule has 202 valence electrons. The van der Waals surface area contributed by atoms with E-state index in [4.69, 9.17) is 4.74 Å². The van der Waals surface area contributed by atoms with Gasteiger partial charge in [0, 0.05) is 35.8 Å². The SMILES string of the molecule is CC(=O)N[C@H]1CC[C@H](NC(=O)c2c(C)[nH]c3c(-c4cc(C(F)F)ccc4OCC4CC4)ncnc23)C[C@H]1C. The second-order valence-corrected chi connectivity index (χ2v) is 10.6. The average molecular weight is 526 g/mol. The van der Waals surface area contributed by atoms with Crippen LogP contribution in [0.1, 0.15) is 74.0 Å². The fraction of sp³-hybridized carbons (Fsp3) is 0.500. The molecule has 8 nitrogen and oxygen atoms in total. The van der Waals surface area contributed by atoms with E-state index in [1.165, 1.54) is 25.4 Å². The quantitative estimate of drug-likeness (QED) is 0.380. The number of amides is 2. The highest BCUT2D eigenvalue weighted by molar-refractivity contribution is 6.09. The van der Waals surface area contributed by atoms with Crippen molar-refractivity contribution in [1.82, 2.24) is 25.6 Å². The van der Waals surface area contributed by atoms with Crippen LogP contribution < -0.4 is 15.4 Å². The minimum Gasteiger partial charge on any atom is -0.493 e. The van der Waals surface area contributed by atoms with Crippen molar-refractivity contribution < 1.29 is 23.1 Å². The highest BCUT2D eigenvalue weighted by atomic mass is 19.3. The highest BCUT2D eigenvalue weighted by Crippen LogP contribution is 2.38. The molecule has 2 aromatic heterocycles. The molecule has 3 atom stereocenters. The fourth-order valence-corrected chi connectivity index (χ4v) is 5.35. The molecule has 2 aliphatic carbocycles. The van der Waals surface area contributed by atoms with Gasteiger partial charge in [-0.15, -0.1) is 0 Å². The van der Waals surface area contributed by atoms with Crippen LogP contribution in [0.4, 0.5) is 8.78 Å². The first-order valence-electron chi connectivity index (χ1n) is 13.2. The molecular weight excluding hydrogens is 492 g/mol. The number of hydrogen-bond donors (Lipinski definition) is 3. The van der Waals surface area contributed by atoms with Gasteiger partial charge in [-0.05, 0) is 69.1 Å². The molecule has 2 heterocycles. The lowest BCUT2D eigenvalue weighted by Crippen LogP contribution is -2.47. The number of carbonyl (C=O) groups excluding carboxylic acids is 2. The minimum atomic E-state index is -2.64. The maximum Gasteiger partial charge on any atom is 0.263 e. The number of carbonyl (C=O) groups is 2. The Bertz CT molecular complexity index is 1350. The number of aromatic amines is 1. The normalized spacial score (nSPS) is 21.5. The first-order chi connectivity index (χ1) is 18.2. The summed E-state index contributed by atoms with van der Waals surface area (Å²) in [6, 6.07) is 4.41. The van der Waals surface area contributed by atoms with Crippen molar-refractivity contribution in [1.29, 1.82) is 0 Å². The first kappa shape index (κ1) is 26.1. The van der Waals surface area contributed by atoms with Gasteiger partial charge in [0.25, 0.3) is 12.3 Å². The van der Waals surface area contributed by atoms with E-state index in [1.807, 2.05) is 0 Å². The van der Waals surface area contributed by atoms with E-state index < -0.39 is 6.43 Å². The van der Waals surface area contributed by atoms with Crippen LogP contribution in [0, 0.1) is 18.8 Å². The molecule has 10 heteroatoms. The summed E-state index contributed by atoms with van der Waals surface area (Å²) in [6.07, 6.45) is 3.20. The van der Waals surface area contributed by atoms with Crippen molar-refractivity contribution in [2.75, 3.05) is 6.61 Å². The number of ether oxygens (including phenoxy) is 1. The van der Waals surface area contributed by atoms with Crippen molar-refractivity contribution in [3.63, 3.8) is 0 Å². The van der Waals surface area contributed by atoms with Crippen LogP contribution in [0.25, 0.3) is 22.3 Å². The van der Waals surface area contributed by atoms with Crippen LogP contribution in [0.2, 0.25) is 0 Å². The number of hydrogen-bond acceptors (Lipinski definition) is 5. The summed E-state index contributed by atoms with van der Waals surface area (Å²) in [5.74, 6) is 0.897. The predicted molar refractivity (Wildman–Crippen MR) is 139 cm³/mol. The van der Waals surface area contributed by atoms with E-state index in [0.29, 0.717) is 51.8 Å². The summed E-state index contributed by atoms with van der Waals surface area (Å²) >= 11 is 0. The summed E-state index contributed by atoms with van der Waals surface area (Å²) in [6.45, 7) is 5.90. The van der Waals surface area contributed by atoms with Crippen LogP contribution in [0.3, 0.4) is 0 Å². The Kier molecular flexibility index (Phi) is 7.32. The number of aryl methyl sites for hydroxylation is 1. The largest absolute Gasteiger partial charge is 0.493 e. The maximum atomic E-state index is 13.6. The third-order valence-corrected chi connectivity index (χ3v) is 7.57. The van der Waals surface area contributed by atoms with Gasteiger partial charge in [-0.3, -0.25) is 9.59 Å². The number of rotatable bonds is 8. The van der Waals surface area contributed by atoms with Gasteiger partial charge in [0.2, 0.25) is 5.91 Å². The zero-order valence-corrected chi connectivity index (χ0v) is 21.8. The monoisotopic (exact) mass is 525 g/mol. The number of halogens is 2. The smallest absolute Gasteiger partial charge is 0.263 e. The predicted octanol–water partition coefficient (Wildman–Crippen LogP) is 5.08. The molecule has 5 rings (SSSR count). The third kappa shape index (κ3) is 5.49. The van der Waals surface area contributed by atoms with Crippen molar-refractivity contribution in [2.45, 2.75) is 71.4 Å². The molecule has 0 unspecified atom stereocenters. The molecular formula is C28H33F2N5O3. The van der Waals surface area contributed by atoms with Gasteiger partial charge in [-0.25, -0.2) is 18.7 Å². The van der Waals surface area contributed by atoms with Gasteiger partial charge in [-0.1, -0.05) is 6.92 Å². The second-order valence-electron chi connectivity index (χ2n) is 10.6. The lowest BCUT2D eigenvalue weighted by molar-refractivity contribution is -0.120. The zero-order valence-electron chi connectivity index (χ0n) is 21.8. The average Bonchev–Trinajstić information content (AvgIpc) is 3.63. The first-order valence-corrected chi connectivity index (χ1v) is 13.2. The third-order valence-electron chi connectivity index (χ3n) is 7.57. The fourth-order valence-electron chi connectivity index (χ4n) is 5.35. The van der Waals surface area contributed by atoms with Gasteiger partial charge in [0.15, 0.2) is 0 Å². The Labute approximate surface area is 220 Å². The lowest BCUT2D eigenvalue weighted by Gasteiger charge is -2.34. The van der Waals surface area contributed by atoms with Crippen molar-refractivity contribution in [2.24, 2.45) is 11.8 Å². The minimum absolute atomic E-state index is 0.0293. The molecule has 3 N–H and O–H groups in total. The van der Waals surface area contributed by atoms with Crippen LogP contribution >= 0.6 is 0 Å². The Hall–Kier alpha value is -3.56. The number of alkyl halides is 2. The Morgan fingerprint density at radius 3 is 2.63 bits per heavy atom. The standard InChI is InChI=1S/C28H33F2N5O3/c1-14-10-19(7-8-21(14)34-16(3)36)35-28(37)23-15(2)33-26-24(31-13-32-25(23)26)20-11-18(27(29)30)6-9-22(20)38-12-17-4-5-17/h6,9,11,13-14,17,19,21,27,33H,4-5,7-8,10,12H2,1-3H3,(H,34,36)(H,35,37)/t14-,19+,21+/m1/s1. The van der Waals surface area contributed by atoms with E-state index in [2.05, 4.69) is 32.5 Å². The summed E-state index contributed by atoms with van der Waals surface area (Å²) in [5.41, 5.74) is 2.68. The van der Waals surface area contributed by atoms with Gasteiger partial charge >= 0.3 is 0 Å². The van der Waals surface area contributed by atoms with E-state index in [9.17, 15) is 18.4 Å². The molecule has 2 aliphatic rings. The molecule has 0 spiro atoms. The van der Waals surface area contributed by atoms with Crippen LogP contribution in [0.15, 0.2) is 24.5 Å². The van der Waals surface area contributed by atoms with Crippen LogP contribution in [0.5, 0.6) is 5.75 Å². The number of nitrogens with one attached hydrogen (secondary N) is 3. The van der Waals surface area contributed by atoms with Crippen LogP contribution in [-0.2, 0) is 4.79 Å². The van der Waals surface area contributed by atoms with E-state index in [0.717, 1.165) is 32.1 Å². The Balaban J connectivity index is 1.43. The second kappa shape index (κ2) is 10.7. The lowest BCUT2D eigenvalue weighted by atomic mass is 9.82. The summed E-state index contributed by atoms with van der Waals surface area (Å²) in [5, 5.41) is 6.13. The van der Waals surface area contributed by atoms with E-state index in [1.54, 1.807) is 13.0 Å². The van der Waals surface area contributed by atoms with Crippen molar-refractivity contribution in [3.8, 4) is 17.0 Å². The number of fused-ring (bicyclic) bond motifs is 1. The zero-order chi connectivity index (χ0) is 27.0. The molecule has 1 aromatic carbocycles. The summed E-state index contributed by atoms with van der Waals surface area (Å²) < 4.78 is 33.2. The number of benzene rings is 1. The Morgan fingerprint density at radius 2 is 1.95 bits per heavy atom. The highest BCUT2D eigenvalue weighted by Gasteiger charge is 2.31. The Morgan fingerprint density at radius 1 is 1.16 bits per heavy atom. The van der Waals surface area contributed by atoms with Crippen molar-refractivity contribution in [3.05, 3.63) is 41.3 Å². The van der Waals surface area contributed by atoms with E-state index in [-0.39, 0.29) is 35.4 Å². The number of H-pyrrole nitrogens is 1. The van der Waals surface area contributed by atoms with Crippen LogP contribution in [-0.4, -0.2) is 45.5 Å². The molecule has 3 aromatic rings. The number of aromatic nitrogens is 3. The molecule has 0 saturated heterocycles. The van der Waals surface area contributed by atoms with Gasteiger partial charge < -0.3 is 20.4 Å². The number of nitrogens with zero attached hydrogens (tertiary/aromatic N) is 2. The van der Waals surface area contributed by atoms with Gasteiger partial charge in [0.1, 0.15) is 23.3 Å². The van der Waals surface area contributed by atoms with Gasteiger partial charge in [-0.2, -0.15) is 0 Å². The molecule has 0 radical (unpaired) electrons. The van der Waals surface area contributed by atoms with E-state index >= 15 is 0 Å². The van der Waals surface area contributed by atoms with Crippen molar-refractivity contribution >= 4 is 22.8 Å².